The summed E-state index contributed by atoms with van der Waals surface area (Å²) in [6.07, 6.45) is 8.53. The largest absolute Gasteiger partial charge is 0.357 e. The molecule has 0 saturated carbocycles. The van der Waals surface area contributed by atoms with Gasteiger partial charge in [0.2, 0.25) is 0 Å². The van der Waals surface area contributed by atoms with E-state index in [0.29, 0.717) is 6.04 Å². The molecular weight excluding hydrogens is 300 g/mol. The topological polar surface area (TPSA) is 49.2 Å². The number of piperazine rings is 1. The highest BCUT2D eigenvalue weighted by Crippen LogP contribution is 2.23. The zero-order chi connectivity index (χ0) is 16.4. The molecule has 2 aliphatic rings. The molecule has 2 saturated heterocycles. The lowest BCUT2D eigenvalue weighted by atomic mass is 10.1. The molecule has 1 atom stereocenters. The molecule has 128 valence electrons. The standard InChI is InChI=1S/C18H26N6/c1-22-10-7-20-18(22)16-13-19-6-11-24(16)14-15-4-5-17(21-12-15)23-8-2-3-9-23/h4-5,7,10,12,16,19H,2-3,6,8-9,11,13-14H2,1H3. The second kappa shape index (κ2) is 6.91. The molecule has 2 aromatic rings. The van der Waals surface area contributed by atoms with Crippen molar-refractivity contribution in [2.24, 2.45) is 7.05 Å². The Morgan fingerprint density at radius 1 is 1.17 bits per heavy atom. The third-order valence-electron chi connectivity index (χ3n) is 5.14. The van der Waals surface area contributed by atoms with Crippen LogP contribution < -0.4 is 10.2 Å². The van der Waals surface area contributed by atoms with Crippen LogP contribution in [-0.4, -0.2) is 52.2 Å². The third kappa shape index (κ3) is 3.16. The fourth-order valence-corrected chi connectivity index (χ4v) is 3.77. The van der Waals surface area contributed by atoms with E-state index in [4.69, 9.17) is 4.98 Å². The first-order valence-corrected chi connectivity index (χ1v) is 8.93. The van der Waals surface area contributed by atoms with Crippen LogP contribution in [0.1, 0.15) is 30.3 Å². The zero-order valence-electron chi connectivity index (χ0n) is 14.4. The third-order valence-corrected chi connectivity index (χ3v) is 5.14. The molecule has 0 spiro atoms. The number of aryl methyl sites for hydroxylation is 1. The molecule has 2 aromatic heterocycles. The van der Waals surface area contributed by atoms with Crippen LogP contribution in [0.3, 0.4) is 0 Å². The maximum atomic E-state index is 4.69. The van der Waals surface area contributed by atoms with Gasteiger partial charge in [0.15, 0.2) is 0 Å². The Morgan fingerprint density at radius 2 is 2.04 bits per heavy atom. The monoisotopic (exact) mass is 326 g/mol. The number of hydrogen-bond acceptors (Lipinski definition) is 5. The van der Waals surface area contributed by atoms with Crippen molar-refractivity contribution in [3.8, 4) is 0 Å². The molecule has 6 heteroatoms. The number of hydrogen-bond donors (Lipinski definition) is 1. The molecule has 0 aliphatic carbocycles. The van der Waals surface area contributed by atoms with E-state index >= 15 is 0 Å². The first-order valence-electron chi connectivity index (χ1n) is 8.93. The van der Waals surface area contributed by atoms with Crippen LogP contribution in [0, 0.1) is 0 Å². The second-order valence-electron chi connectivity index (χ2n) is 6.81. The Kier molecular flexibility index (Phi) is 4.49. The molecular formula is C18H26N6. The minimum atomic E-state index is 0.317. The average molecular weight is 326 g/mol. The number of imidazole rings is 1. The average Bonchev–Trinajstić information content (AvgIpc) is 3.28. The van der Waals surface area contributed by atoms with Gasteiger partial charge >= 0.3 is 0 Å². The summed E-state index contributed by atoms with van der Waals surface area (Å²) in [5, 5.41) is 3.50. The minimum absolute atomic E-state index is 0.317. The first-order chi connectivity index (χ1) is 11.8. The van der Waals surface area contributed by atoms with Crippen molar-refractivity contribution < 1.29 is 0 Å². The zero-order valence-corrected chi connectivity index (χ0v) is 14.4. The molecule has 6 nitrogen and oxygen atoms in total. The molecule has 0 aromatic carbocycles. The summed E-state index contributed by atoms with van der Waals surface area (Å²) in [7, 11) is 2.07. The second-order valence-corrected chi connectivity index (χ2v) is 6.81. The van der Waals surface area contributed by atoms with Gasteiger partial charge < -0.3 is 14.8 Å². The Morgan fingerprint density at radius 3 is 2.75 bits per heavy atom. The van der Waals surface area contributed by atoms with E-state index in [1.807, 2.05) is 18.6 Å². The van der Waals surface area contributed by atoms with Crippen molar-refractivity contribution in [3.63, 3.8) is 0 Å². The van der Waals surface area contributed by atoms with Gasteiger partial charge in [-0.2, -0.15) is 0 Å². The van der Waals surface area contributed by atoms with E-state index in [9.17, 15) is 0 Å². The van der Waals surface area contributed by atoms with Crippen molar-refractivity contribution in [2.45, 2.75) is 25.4 Å². The predicted molar refractivity (Wildman–Crippen MR) is 94.9 cm³/mol. The number of nitrogens with zero attached hydrogens (tertiary/aromatic N) is 5. The molecule has 4 rings (SSSR count). The van der Waals surface area contributed by atoms with Crippen molar-refractivity contribution in [3.05, 3.63) is 42.1 Å². The van der Waals surface area contributed by atoms with Crippen LogP contribution in [0.15, 0.2) is 30.7 Å². The smallest absolute Gasteiger partial charge is 0.128 e. The summed E-state index contributed by atoms with van der Waals surface area (Å²) in [5.41, 5.74) is 1.28. The van der Waals surface area contributed by atoms with Crippen LogP contribution in [0.5, 0.6) is 0 Å². The fraction of sp³-hybridized carbons (Fsp3) is 0.556. The molecule has 0 bridgehead atoms. The van der Waals surface area contributed by atoms with Crippen LogP contribution in [0.4, 0.5) is 5.82 Å². The SMILES string of the molecule is Cn1ccnc1C1CNCCN1Cc1ccc(N2CCCC2)nc1. The highest BCUT2D eigenvalue weighted by molar-refractivity contribution is 5.40. The van der Waals surface area contributed by atoms with E-state index in [-0.39, 0.29) is 0 Å². The van der Waals surface area contributed by atoms with Crippen molar-refractivity contribution in [1.82, 2.24) is 24.8 Å². The molecule has 1 N–H and O–H groups in total. The predicted octanol–water partition coefficient (Wildman–Crippen LogP) is 1.56. The number of nitrogens with one attached hydrogen (secondary N) is 1. The molecule has 4 heterocycles. The van der Waals surface area contributed by atoms with E-state index in [1.54, 1.807) is 0 Å². The van der Waals surface area contributed by atoms with Gasteiger partial charge in [-0.3, -0.25) is 4.90 Å². The van der Waals surface area contributed by atoms with Gasteiger partial charge in [0, 0.05) is 64.9 Å². The summed E-state index contributed by atoms with van der Waals surface area (Å²) in [4.78, 5) is 14.1. The van der Waals surface area contributed by atoms with Crippen LogP contribution in [0.2, 0.25) is 0 Å². The van der Waals surface area contributed by atoms with Gasteiger partial charge in [-0.1, -0.05) is 6.07 Å². The van der Waals surface area contributed by atoms with Crippen LogP contribution in [0.25, 0.3) is 0 Å². The van der Waals surface area contributed by atoms with Gasteiger partial charge in [-0.15, -0.1) is 0 Å². The van der Waals surface area contributed by atoms with E-state index in [2.05, 4.69) is 43.8 Å². The van der Waals surface area contributed by atoms with E-state index in [0.717, 1.165) is 50.9 Å². The van der Waals surface area contributed by atoms with Crippen molar-refractivity contribution in [2.75, 3.05) is 37.6 Å². The highest BCUT2D eigenvalue weighted by atomic mass is 15.3. The number of aromatic nitrogens is 3. The van der Waals surface area contributed by atoms with Crippen LogP contribution >= 0.6 is 0 Å². The Hall–Kier alpha value is -1.92. The Labute approximate surface area is 143 Å². The lowest BCUT2D eigenvalue weighted by Gasteiger charge is -2.35. The summed E-state index contributed by atoms with van der Waals surface area (Å²) >= 11 is 0. The quantitative estimate of drug-likeness (QED) is 0.924. The maximum Gasteiger partial charge on any atom is 0.128 e. The number of pyridine rings is 1. The number of rotatable bonds is 4. The van der Waals surface area contributed by atoms with Gasteiger partial charge in [0.25, 0.3) is 0 Å². The van der Waals surface area contributed by atoms with Gasteiger partial charge in [0.1, 0.15) is 11.6 Å². The van der Waals surface area contributed by atoms with E-state index < -0.39 is 0 Å². The summed E-state index contributed by atoms with van der Waals surface area (Å²) in [6.45, 7) is 6.22. The molecule has 2 aliphatic heterocycles. The lowest BCUT2D eigenvalue weighted by molar-refractivity contribution is 0.144. The molecule has 2 fully saturated rings. The highest BCUT2D eigenvalue weighted by Gasteiger charge is 2.26. The van der Waals surface area contributed by atoms with Crippen molar-refractivity contribution in [1.29, 1.82) is 0 Å². The summed E-state index contributed by atoms with van der Waals surface area (Å²) in [5.74, 6) is 2.25. The minimum Gasteiger partial charge on any atom is -0.357 e. The number of anilines is 1. The summed E-state index contributed by atoms with van der Waals surface area (Å²) < 4.78 is 2.12. The lowest BCUT2D eigenvalue weighted by Crippen LogP contribution is -2.46. The molecule has 24 heavy (non-hydrogen) atoms. The molecule has 1 unspecified atom stereocenters. The van der Waals surface area contributed by atoms with Crippen molar-refractivity contribution >= 4 is 5.82 Å². The summed E-state index contributed by atoms with van der Waals surface area (Å²) in [6, 6.07) is 4.73. The van der Waals surface area contributed by atoms with Gasteiger partial charge in [0.05, 0.1) is 6.04 Å². The van der Waals surface area contributed by atoms with Crippen LogP contribution in [-0.2, 0) is 13.6 Å². The Bertz CT molecular complexity index is 658. The first kappa shape index (κ1) is 15.6. The Balaban J connectivity index is 1.47. The van der Waals surface area contributed by atoms with Gasteiger partial charge in [-0.25, -0.2) is 9.97 Å². The van der Waals surface area contributed by atoms with E-state index in [1.165, 1.54) is 18.4 Å². The van der Waals surface area contributed by atoms with Gasteiger partial charge in [-0.05, 0) is 24.5 Å². The molecule has 0 radical (unpaired) electrons. The normalized spacial score (nSPS) is 22.2. The molecule has 0 amide bonds. The maximum absolute atomic E-state index is 4.69. The fourth-order valence-electron chi connectivity index (χ4n) is 3.77.